The highest BCUT2D eigenvalue weighted by molar-refractivity contribution is 6.32. The Labute approximate surface area is 157 Å². The Hall–Kier alpha value is -2.54. The molecule has 1 amide bonds. The molecule has 0 radical (unpaired) electrons. The Kier molecular flexibility index (Phi) is 5.78. The normalized spacial score (nSPS) is 14.8. The number of carbonyl (C=O) groups excluding carboxylic acids is 1. The largest absolute Gasteiger partial charge is 0.497 e. The second kappa shape index (κ2) is 8.23. The molecule has 0 atom stereocenters. The molecule has 8 heteroatoms. The van der Waals surface area contributed by atoms with E-state index in [0.717, 1.165) is 12.8 Å². The fraction of sp³-hybridized carbons (Fsp3) is 0.389. The fourth-order valence-electron chi connectivity index (χ4n) is 2.98. The first-order chi connectivity index (χ1) is 12.6. The number of halogens is 1. The summed E-state index contributed by atoms with van der Waals surface area (Å²) in [5.74, 6) is 1.76. The number of carbonyl (C=O) groups is 1. The second-order valence-electron chi connectivity index (χ2n) is 6.00. The van der Waals surface area contributed by atoms with Crippen molar-refractivity contribution in [2.75, 3.05) is 32.6 Å². The van der Waals surface area contributed by atoms with Crippen LogP contribution >= 0.6 is 11.6 Å². The predicted octanol–water partition coefficient (Wildman–Crippen LogP) is 2.86. The lowest BCUT2D eigenvalue weighted by atomic mass is 10.0. The first-order valence-electron chi connectivity index (χ1n) is 8.35. The summed E-state index contributed by atoms with van der Waals surface area (Å²) in [5.41, 5.74) is 0.540. The molecule has 0 spiro atoms. The summed E-state index contributed by atoms with van der Waals surface area (Å²) in [6.07, 6.45) is 4.64. The monoisotopic (exact) mass is 376 g/mol. The minimum atomic E-state index is -0.0389. The molecule has 1 N–H and O–H groups in total. The van der Waals surface area contributed by atoms with Gasteiger partial charge in [0.15, 0.2) is 0 Å². The van der Waals surface area contributed by atoms with Crippen LogP contribution in [0.25, 0.3) is 0 Å². The Morgan fingerprint density at radius 1 is 1.27 bits per heavy atom. The Balaban J connectivity index is 1.63. The molecule has 2 heterocycles. The predicted molar refractivity (Wildman–Crippen MR) is 99.1 cm³/mol. The molecule has 1 aromatic carbocycles. The Morgan fingerprint density at radius 2 is 2.04 bits per heavy atom. The van der Waals surface area contributed by atoms with Gasteiger partial charge in [0, 0.05) is 25.2 Å². The van der Waals surface area contributed by atoms with Crippen LogP contribution in [0.3, 0.4) is 0 Å². The number of methoxy groups -OCH3 is 2. The summed E-state index contributed by atoms with van der Waals surface area (Å²) in [6.45, 7) is 1.29. The number of likely N-dealkylation sites (tertiary alicyclic amines) is 1. The Bertz CT molecular complexity index is 779. The number of anilines is 1. The van der Waals surface area contributed by atoms with E-state index in [9.17, 15) is 4.79 Å². The van der Waals surface area contributed by atoms with Gasteiger partial charge in [0.1, 0.15) is 28.7 Å². The molecule has 1 aromatic heterocycles. The van der Waals surface area contributed by atoms with Crippen molar-refractivity contribution >= 4 is 23.3 Å². The minimum Gasteiger partial charge on any atom is -0.497 e. The maximum atomic E-state index is 12.8. The third-order valence-corrected chi connectivity index (χ3v) is 4.71. The number of nitrogens with one attached hydrogen (secondary N) is 1. The molecule has 0 bridgehead atoms. The number of piperidine rings is 1. The van der Waals surface area contributed by atoms with Crippen molar-refractivity contribution in [1.29, 1.82) is 0 Å². The molecular weight excluding hydrogens is 356 g/mol. The number of ether oxygens (including phenoxy) is 2. The van der Waals surface area contributed by atoms with Gasteiger partial charge in [-0.25, -0.2) is 9.97 Å². The van der Waals surface area contributed by atoms with E-state index in [1.165, 1.54) is 6.33 Å². The van der Waals surface area contributed by atoms with E-state index in [1.807, 2.05) is 4.90 Å². The summed E-state index contributed by atoms with van der Waals surface area (Å²) >= 11 is 6.08. The zero-order chi connectivity index (χ0) is 18.5. The van der Waals surface area contributed by atoms with E-state index in [0.29, 0.717) is 41.0 Å². The summed E-state index contributed by atoms with van der Waals surface area (Å²) in [6, 6.07) is 5.44. The number of aromatic nitrogens is 2. The molecule has 3 rings (SSSR count). The number of rotatable bonds is 5. The topological polar surface area (TPSA) is 76.6 Å². The van der Waals surface area contributed by atoms with Gasteiger partial charge in [0.2, 0.25) is 0 Å². The lowest BCUT2D eigenvalue weighted by molar-refractivity contribution is 0.0715. The molecule has 0 saturated carbocycles. The van der Waals surface area contributed by atoms with Crippen molar-refractivity contribution in [3.05, 3.63) is 41.3 Å². The lowest BCUT2D eigenvalue weighted by Gasteiger charge is -2.33. The van der Waals surface area contributed by atoms with Crippen LogP contribution < -0.4 is 14.8 Å². The molecule has 26 heavy (non-hydrogen) atoms. The first-order valence-corrected chi connectivity index (χ1v) is 8.73. The lowest BCUT2D eigenvalue weighted by Crippen LogP contribution is -2.42. The molecule has 1 aliphatic rings. The smallest absolute Gasteiger partial charge is 0.257 e. The van der Waals surface area contributed by atoms with Crippen LogP contribution in [0.1, 0.15) is 23.2 Å². The quantitative estimate of drug-likeness (QED) is 0.864. The van der Waals surface area contributed by atoms with Crippen molar-refractivity contribution in [2.24, 2.45) is 0 Å². The Morgan fingerprint density at radius 3 is 2.69 bits per heavy atom. The van der Waals surface area contributed by atoms with Gasteiger partial charge in [-0.15, -0.1) is 0 Å². The van der Waals surface area contributed by atoms with Gasteiger partial charge in [-0.05, 0) is 25.0 Å². The first kappa shape index (κ1) is 18.3. The fourth-order valence-corrected chi connectivity index (χ4v) is 3.14. The van der Waals surface area contributed by atoms with Crippen molar-refractivity contribution in [3.8, 4) is 11.5 Å². The molecule has 138 valence electrons. The van der Waals surface area contributed by atoms with E-state index in [2.05, 4.69) is 15.3 Å². The van der Waals surface area contributed by atoms with Gasteiger partial charge in [-0.1, -0.05) is 11.6 Å². The van der Waals surface area contributed by atoms with Crippen molar-refractivity contribution < 1.29 is 14.3 Å². The van der Waals surface area contributed by atoms with Gasteiger partial charge in [-0.2, -0.15) is 0 Å². The molecule has 0 aliphatic carbocycles. The molecule has 1 saturated heterocycles. The van der Waals surface area contributed by atoms with Crippen LogP contribution in [-0.4, -0.2) is 54.1 Å². The van der Waals surface area contributed by atoms with E-state index < -0.39 is 0 Å². The standard InChI is InChI=1S/C18H21ClN4O3/c1-25-13-3-4-14(16(9-13)26-2)18(24)23-7-5-12(6-8-23)22-17-15(19)10-20-11-21-17/h3-4,9-12H,5-8H2,1-2H3,(H,20,21,22). The van der Waals surface area contributed by atoms with Crippen LogP contribution in [0.2, 0.25) is 5.02 Å². The summed E-state index contributed by atoms with van der Waals surface area (Å²) in [5, 5.41) is 3.82. The number of nitrogens with zero attached hydrogens (tertiary/aromatic N) is 3. The molecule has 1 fully saturated rings. The molecule has 0 unspecified atom stereocenters. The highest BCUT2D eigenvalue weighted by Gasteiger charge is 2.26. The number of hydrogen-bond donors (Lipinski definition) is 1. The molecule has 2 aromatic rings. The van der Waals surface area contributed by atoms with Crippen LogP contribution in [0.5, 0.6) is 11.5 Å². The van der Waals surface area contributed by atoms with Crippen LogP contribution in [0.15, 0.2) is 30.7 Å². The maximum absolute atomic E-state index is 12.8. The third kappa shape index (κ3) is 3.99. The van der Waals surface area contributed by atoms with E-state index in [-0.39, 0.29) is 11.9 Å². The van der Waals surface area contributed by atoms with Gasteiger partial charge in [0.25, 0.3) is 5.91 Å². The van der Waals surface area contributed by atoms with Crippen molar-refractivity contribution in [1.82, 2.24) is 14.9 Å². The summed E-state index contributed by atoms with van der Waals surface area (Å²) < 4.78 is 10.5. The zero-order valence-corrected chi connectivity index (χ0v) is 15.5. The van der Waals surface area contributed by atoms with Crippen LogP contribution in [0.4, 0.5) is 5.82 Å². The van der Waals surface area contributed by atoms with Crippen LogP contribution in [0, 0.1) is 0 Å². The number of amides is 1. The SMILES string of the molecule is COc1ccc(C(=O)N2CCC(Nc3ncncc3Cl)CC2)c(OC)c1. The summed E-state index contributed by atoms with van der Waals surface area (Å²) in [4.78, 5) is 22.7. The average Bonchev–Trinajstić information content (AvgIpc) is 2.69. The van der Waals surface area contributed by atoms with E-state index >= 15 is 0 Å². The molecule has 7 nitrogen and oxygen atoms in total. The summed E-state index contributed by atoms with van der Waals surface area (Å²) in [7, 11) is 3.13. The van der Waals surface area contributed by atoms with E-state index in [1.54, 1.807) is 38.6 Å². The molecule has 1 aliphatic heterocycles. The van der Waals surface area contributed by atoms with Crippen molar-refractivity contribution in [3.63, 3.8) is 0 Å². The van der Waals surface area contributed by atoms with Crippen molar-refractivity contribution in [2.45, 2.75) is 18.9 Å². The van der Waals surface area contributed by atoms with E-state index in [4.69, 9.17) is 21.1 Å². The highest BCUT2D eigenvalue weighted by atomic mass is 35.5. The van der Waals surface area contributed by atoms with Crippen LogP contribution in [-0.2, 0) is 0 Å². The maximum Gasteiger partial charge on any atom is 0.257 e. The minimum absolute atomic E-state index is 0.0389. The number of benzene rings is 1. The van der Waals surface area contributed by atoms with Gasteiger partial charge < -0.3 is 19.7 Å². The van der Waals surface area contributed by atoms with Gasteiger partial charge in [0.05, 0.1) is 26.0 Å². The highest BCUT2D eigenvalue weighted by Crippen LogP contribution is 2.27. The number of hydrogen-bond acceptors (Lipinski definition) is 6. The van der Waals surface area contributed by atoms with Gasteiger partial charge >= 0.3 is 0 Å². The zero-order valence-electron chi connectivity index (χ0n) is 14.7. The average molecular weight is 377 g/mol. The third-order valence-electron chi connectivity index (χ3n) is 4.43. The second-order valence-corrected chi connectivity index (χ2v) is 6.40. The molecular formula is C18H21ClN4O3. The van der Waals surface area contributed by atoms with Gasteiger partial charge in [-0.3, -0.25) is 4.79 Å².